The lowest BCUT2D eigenvalue weighted by Crippen LogP contribution is -1.93. The van der Waals surface area contributed by atoms with Crippen LogP contribution in [0.25, 0.3) is 0 Å². The first-order chi connectivity index (χ1) is 6.65. The zero-order valence-corrected chi connectivity index (χ0v) is 7.97. The van der Waals surface area contributed by atoms with Crippen LogP contribution in [-0.4, -0.2) is 11.7 Å². The smallest absolute Gasteiger partial charge is 0.140 e. The first kappa shape index (κ1) is 10.6. The monoisotopic (exact) mass is 193 g/mol. The molecule has 0 atom stereocenters. The van der Waals surface area contributed by atoms with Crippen molar-refractivity contribution in [3.05, 3.63) is 29.1 Å². The Morgan fingerprint density at radius 3 is 2.86 bits per heavy atom. The van der Waals surface area contributed by atoms with E-state index in [4.69, 9.17) is 10.8 Å². The van der Waals surface area contributed by atoms with Gasteiger partial charge in [-0.15, -0.1) is 0 Å². The topological polar surface area (TPSA) is 46.2 Å². The average molecular weight is 193 g/mol. The van der Waals surface area contributed by atoms with Gasteiger partial charge in [0.2, 0.25) is 0 Å². The van der Waals surface area contributed by atoms with Crippen LogP contribution in [0.1, 0.15) is 17.5 Å². The third-order valence-electron chi connectivity index (χ3n) is 1.82. The molecule has 0 aromatic heterocycles. The third-order valence-corrected chi connectivity index (χ3v) is 1.82. The SMILES string of the molecule is Cc1cc(C#CCCO)c(F)cc1N. The fraction of sp³-hybridized carbons (Fsp3) is 0.273. The summed E-state index contributed by atoms with van der Waals surface area (Å²) >= 11 is 0. The number of benzene rings is 1. The number of aliphatic hydroxyl groups excluding tert-OH is 1. The van der Waals surface area contributed by atoms with E-state index in [9.17, 15) is 4.39 Å². The lowest BCUT2D eigenvalue weighted by molar-refractivity contribution is 0.305. The molecule has 1 rings (SSSR count). The molecule has 0 fully saturated rings. The van der Waals surface area contributed by atoms with Crippen molar-refractivity contribution in [2.75, 3.05) is 12.3 Å². The van der Waals surface area contributed by atoms with Crippen LogP contribution < -0.4 is 5.73 Å². The normalized spacial score (nSPS) is 9.36. The first-order valence-electron chi connectivity index (χ1n) is 4.30. The molecule has 0 saturated carbocycles. The van der Waals surface area contributed by atoms with Gasteiger partial charge in [0.15, 0.2) is 0 Å². The molecule has 0 spiro atoms. The molecule has 0 aliphatic rings. The predicted molar refractivity (Wildman–Crippen MR) is 54.1 cm³/mol. The molecule has 0 radical (unpaired) electrons. The molecule has 1 aromatic carbocycles. The molecule has 1 aromatic rings. The van der Waals surface area contributed by atoms with E-state index in [-0.39, 0.29) is 6.61 Å². The van der Waals surface area contributed by atoms with E-state index >= 15 is 0 Å². The summed E-state index contributed by atoms with van der Waals surface area (Å²) in [7, 11) is 0. The second kappa shape index (κ2) is 4.64. The zero-order valence-electron chi connectivity index (χ0n) is 7.97. The van der Waals surface area contributed by atoms with Gasteiger partial charge in [-0.05, 0) is 24.6 Å². The number of rotatable bonds is 1. The maximum Gasteiger partial charge on any atom is 0.140 e. The summed E-state index contributed by atoms with van der Waals surface area (Å²) in [6.07, 6.45) is 0.350. The highest BCUT2D eigenvalue weighted by Crippen LogP contribution is 2.16. The van der Waals surface area contributed by atoms with Crippen LogP contribution in [-0.2, 0) is 0 Å². The largest absolute Gasteiger partial charge is 0.398 e. The number of aryl methyl sites for hydroxylation is 1. The maximum absolute atomic E-state index is 13.2. The van der Waals surface area contributed by atoms with Crippen LogP contribution in [0.5, 0.6) is 0 Å². The maximum atomic E-state index is 13.2. The Kier molecular flexibility index (Phi) is 3.49. The average Bonchev–Trinajstić information content (AvgIpc) is 2.14. The molecule has 2 nitrogen and oxygen atoms in total. The van der Waals surface area contributed by atoms with Crippen molar-refractivity contribution in [1.82, 2.24) is 0 Å². The standard InChI is InChI=1S/C11H12FNO/c1-8-6-9(4-2-3-5-14)10(12)7-11(8)13/h6-7,14H,3,5,13H2,1H3. The highest BCUT2D eigenvalue weighted by Gasteiger charge is 2.02. The van der Waals surface area contributed by atoms with Gasteiger partial charge in [-0.1, -0.05) is 11.8 Å². The fourth-order valence-corrected chi connectivity index (χ4v) is 1.01. The third kappa shape index (κ3) is 2.48. The van der Waals surface area contributed by atoms with Gasteiger partial charge in [-0.2, -0.15) is 0 Å². The number of hydrogen-bond acceptors (Lipinski definition) is 2. The number of hydrogen-bond donors (Lipinski definition) is 2. The Bertz CT molecular complexity index is 390. The van der Waals surface area contributed by atoms with Crippen LogP contribution in [0, 0.1) is 24.6 Å². The zero-order chi connectivity index (χ0) is 10.6. The van der Waals surface area contributed by atoms with E-state index in [1.807, 2.05) is 0 Å². The summed E-state index contributed by atoms with van der Waals surface area (Å²) in [5, 5.41) is 8.50. The minimum Gasteiger partial charge on any atom is -0.398 e. The summed E-state index contributed by atoms with van der Waals surface area (Å²) in [6.45, 7) is 1.79. The molecule has 0 unspecified atom stereocenters. The second-order valence-electron chi connectivity index (χ2n) is 2.96. The molecule has 14 heavy (non-hydrogen) atoms. The molecule has 0 amide bonds. The van der Waals surface area contributed by atoms with Crippen LogP contribution in [0.2, 0.25) is 0 Å². The first-order valence-corrected chi connectivity index (χ1v) is 4.30. The van der Waals surface area contributed by atoms with Crippen LogP contribution in [0.3, 0.4) is 0 Å². The van der Waals surface area contributed by atoms with Gasteiger partial charge >= 0.3 is 0 Å². The number of anilines is 1. The molecule has 3 heteroatoms. The number of aliphatic hydroxyl groups is 1. The van der Waals surface area contributed by atoms with Gasteiger partial charge < -0.3 is 10.8 Å². The van der Waals surface area contributed by atoms with Crippen molar-refractivity contribution in [1.29, 1.82) is 0 Å². The summed E-state index contributed by atoms with van der Waals surface area (Å²) < 4.78 is 13.2. The van der Waals surface area contributed by atoms with Crippen molar-refractivity contribution < 1.29 is 9.50 Å². The van der Waals surface area contributed by atoms with E-state index in [0.717, 1.165) is 5.56 Å². The molecule has 3 N–H and O–H groups in total. The predicted octanol–water partition coefficient (Wildman–Crippen LogP) is 1.45. The molecule has 0 heterocycles. The van der Waals surface area contributed by atoms with Crippen LogP contribution >= 0.6 is 0 Å². The molecule has 0 aliphatic heterocycles. The summed E-state index contributed by atoms with van der Waals surface area (Å²) in [4.78, 5) is 0. The molecular weight excluding hydrogens is 181 g/mol. The molecule has 74 valence electrons. The lowest BCUT2D eigenvalue weighted by atomic mass is 10.1. The Morgan fingerprint density at radius 2 is 2.21 bits per heavy atom. The van der Waals surface area contributed by atoms with Crippen LogP contribution in [0.15, 0.2) is 12.1 Å². The van der Waals surface area contributed by atoms with Crippen LogP contribution in [0.4, 0.5) is 10.1 Å². The number of halogens is 1. The van der Waals surface area contributed by atoms with E-state index in [1.165, 1.54) is 6.07 Å². The summed E-state index contributed by atoms with van der Waals surface area (Å²) in [5.41, 5.74) is 7.07. The van der Waals surface area contributed by atoms with Crippen molar-refractivity contribution in [2.24, 2.45) is 0 Å². The molecule has 0 saturated heterocycles. The Hall–Kier alpha value is -1.53. The number of nitrogens with two attached hydrogens (primary N) is 1. The van der Waals surface area contributed by atoms with E-state index in [1.54, 1.807) is 13.0 Å². The highest BCUT2D eigenvalue weighted by atomic mass is 19.1. The van der Waals surface area contributed by atoms with E-state index in [0.29, 0.717) is 17.7 Å². The van der Waals surface area contributed by atoms with Gasteiger partial charge in [-0.3, -0.25) is 0 Å². The number of nitrogen functional groups attached to an aromatic ring is 1. The van der Waals surface area contributed by atoms with E-state index in [2.05, 4.69) is 11.8 Å². The van der Waals surface area contributed by atoms with Gasteiger partial charge in [0.05, 0.1) is 12.2 Å². The van der Waals surface area contributed by atoms with Gasteiger partial charge in [0, 0.05) is 12.1 Å². The molecular formula is C11H12FNO. The highest BCUT2D eigenvalue weighted by molar-refractivity contribution is 5.52. The summed E-state index contributed by atoms with van der Waals surface area (Å²) in [6, 6.07) is 2.87. The molecule has 0 aliphatic carbocycles. The minimum absolute atomic E-state index is 0.0113. The quantitative estimate of drug-likeness (QED) is 0.523. The van der Waals surface area contributed by atoms with Crippen molar-refractivity contribution >= 4 is 5.69 Å². The van der Waals surface area contributed by atoms with Crippen molar-refractivity contribution in [2.45, 2.75) is 13.3 Å². The van der Waals surface area contributed by atoms with Crippen molar-refractivity contribution in [3.63, 3.8) is 0 Å². The fourth-order valence-electron chi connectivity index (χ4n) is 1.01. The lowest BCUT2D eigenvalue weighted by Gasteiger charge is -2.01. The van der Waals surface area contributed by atoms with Gasteiger partial charge in [-0.25, -0.2) is 4.39 Å². The Labute approximate surface area is 82.6 Å². The van der Waals surface area contributed by atoms with Gasteiger partial charge in [0.1, 0.15) is 5.82 Å². The molecule has 0 bridgehead atoms. The Balaban J connectivity index is 3.00. The van der Waals surface area contributed by atoms with Crippen molar-refractivity contribution in [3.8, 4) is 11.8 Å². The Morgan fingerprint density at radius 1 is 1.50 bits per heavy atom. The van der Waals surface area contributed by atoms with E-state index < -0.39 is 5.82 Å². The summed E-state index contributed by atoms with van der Waals surface area (Å²) in [5.74, 6) is 4.88. The minimum atomic E-state index is -0.418. The second-order valence-corrected chi connectivity index (χ2v) is 2.96. The van der Waals surface area contributed by atoms with Gasteiger partial charge in [0.25, 0.3) is 0 Å².